The van der Waals surface area contributed by atoms with Crippen LogP contribution in [0, 0.1) is 0 Å². The molecule has 0 heterocycles. The molecule has 9 heteroatoms. The first-order chi connectivity index (χ1) is 12.4. The molecule has 2 rings (SSSR count). The summed E-state index contributed by atoms with van der Waals surface area (Å²) in [7, 11) is 0.732. The van der Waals surface area contributed by atoms with Gasteiger partial charge in [0.05, 0.1) is 21.3 Å². The Kier molecular flexibility index (Phi) is 7.13. The standard InChI is InChI=1S/C17H20BrNO6S/c1-22-12-5-4-6-13(9-12)25-8-7-19-26(20,21)17-11-16(24-3)15(23-2)10-14(17)18/h4-6,9-11,19H,7-8H2,1-3H3. The second-order valence-corrected chi connectivity index (χ2v) is 7.65. The van der Waals surface area contributed by atoms with Crippen LogP contribution in [0.2, 0.25) is 0 Å². The van der Waals surface area contributed by atoms with E-state index in [4.69, 9.17) is 18.9 Å². The Morgan fingerprint density at radius 2 is 1.62 bits per heavy atom. The second-order valence-electron chi connectivity index (χ2n) is 5.06. The van der Waals surface area contributed by atoms with Gasteiger partial charge in [0.1, 0.15) is 23.0 Å². The van der Waals surface area contributed by atoms with E-state index in [0.717, 1.165) is 0 Å². The summed E-state index contributed by atoms with van der Waals surface area (Å²) in [4.78, 5) is 0.0523. The van der Waals surface area contributed by atoms with E-state index in [1.807, 2.05) is 0 Å². The van der Waals surface area contributed by atoms with E-state index in [1.54, 1.807) is 37.4 Å². The molecule has 0 saturated heterocycles. The highest BCUT2D eigenvalue weighted by Crippen LogP contribution is 2.35. The lowest BCUT2D eigenvalue weighted by molar-refractivity contribution is 0.319. The van der Waals surface area contributed by atoms with E-state index in [-0.39, 0.29) is 18.0 Å². The number of methoxy groups -OCH3 is 3. The molecule has 0 amide bonds. The van der Waals surface area contributed by atoms with Crippen LogP contribution >= 0.6 is 15.9 Å². The van der Waals surface area contributed by atoms with Crippen LogP contribution in [0.1, 0.15) is 0 Å². The minimum absolute atomic E-state index is 0.0523. The summed E-state index contributed by atoms with van der Waals surface area (Å²) in [6, 6.07) is 10.0. The van der Waals surface area contributed by atoms with Crippen molar-refractivity contribution in [2.24, 2.45) is 0 Å². The van der Waals surface area contributed by atoms with Crippen LogP contribution in [-0.4, -0.2) is 42.9 Å². The molecule has 0 fully saturated rings. The highest BCUT2D eigenvalue weighted by atomic mass is 79.9. The molecule has 26 heavy (non-hydrogen) atoms. The molecule has 0 unspecified atom stereocenters. The Morgan fingerprint density at radius 1 is 0.962 bits per heavy atom. The fraction of sp³-hybridized carbons (Fsp3) is 0.294. The number of sulfonamides is 1. The lowest BCUT2D eigenvalue weighted by atomic mass is 10.3. The molecule has 2 aromatic carbocycles. The van der Waals surface area contributed by atoms with Gasteiger partial charge in [-0.05, 0) is 34.1 Å². The van der Waals surface area contributed by atoms with E-state index in [9.17, 15) is 8.42 Å². The normalized spacial score (nSPS) is 11.1. The molecule has 0 radical (unpaired) electrons. The van der Waals surface area contributed by atoms with Gasteiger partial charge in [-0.2, -0.15) is 0 Å². The van der Waals surface area contributed by atoms with Crippen molar-refractivity contribution >= 4 is 26.0 Å². The molecule has 0 spiro atoms. The van der Waals surface area contributed by atoms with E-state index in [2.05, 4.69) is 20.7 Å². The molecular formula is C17H20BrNO6S. The summed E-state index contributed by atoms with van der Waals surface area (Å²) in [5.41, 5.74) is 0. The van der Waals surface area contributed by atoms with Crippen molar-refractivity contribution in [1.29, 1.82) is 0 Å². The summed E-state index contributed by atoms with van der Waals surface area (Å²) < 4.78 is 48.8. The summed E-state index contributed by atoms with van der Waals surface area (Å²) in [5, 5.41) is 0. The van der Waals surface area contributed by atoms with E-state index >= 15 is 0 Å². The maximum Gasteiger partial charge on any atom is 0.241 e. The molecular weight excluding hydrogens is 426 g/mol. The number of hydrogen-bond acceptors (Lipinski definition) is 6. The topological polar surface area (TPSA) is 83.1 Å². The molecule has 0 saturated carbocycles. The summed E-state index contributed by atoms with van der Waals surface area (Å²) in [6.45, 7) is 0.262. The second kappa shape index (κ2) is 9.11. The van der Waals surface area contributed by atoms with Crippen LogP contribution in [0.3, 0.4) is 0 Å². The van der Waals surface area contributed by atoms with Gasteiger partial charge in [-0.25, -0.2) is 13.1 Å². The minimum Gasteiger partial charge on any atom is -0.497 e. The maximum atomic E-state index is 12.5. The van der Waals surface area contributed by atoms with Crippen molar-refractivity contribution < 1.29 is 27.4 Å². The van der Waals surface area contributed by atoms with Crippen molar-refractivity contribution in [3.8, 4) is 23.0 Å². The number of nitrogens with one attached hydrogen (secondary N) is 1. The van der Waals surface area contributed by atoms with E-state index in [1.165, 1.54) is 20.3 Å². The average Bonchev–Trinajstić information content (AvgIpc) is 2.65. The first-order valence-electron chi connectivity index (χ1n) is 7.59. The lowest BCUT2D eigenvalue weighted by Crippen LogP contribution is -2.28. The molecule has 7 nitrogen and oxygen atoms in total. The average molecular weight is 446 g/mol. The Balaban J connectivity index is 2.02. The molecule has 0 aromatic heterocycles. The number of hydrogen-bond donors (Lipinski definition) is 1. The van der Waals surface area contributed by atoms with Gasteiger partial charge in [0.15, 0.2) is 11.5 Å². The van der Waals surface area contributed by atoms with Gasteiger partial charge in [-0.1, -0.05) is 6.07 Å². The van der Waals surface area contributed by atoms with Crippen molar-refractivity contribution in [2.75, 3.05) is 34.5 Å². The van der Waals surface area contributed by atoms with Crippen LogP contribution in [0.5, 0.6) is 23.0 Å². The summed E-state index contributed by atoms with van der Waals surface area (Å²) >= 11 is 3.25. The van der Waals surface area contributed by atoms with Crippen LogP contribution in [-0.2, 0) is 10.0 Å². The van der Waals surface area contributed by atoms with Crippen molar-refractivity contribution in [3.63, 3.8) is 0 Å². The Hall–Kier alpha value is -1.97. The summed E-state index contributed by atoms with van der Waals surface area (Å²) in [5.74, 6) is 2.01. The summed E-state index contributed by atoms with van der Waals surface area (Å²) in [6.07, 6.45) is 0. The fourth-order valence-corrected chi connectivity index (χ4v) is 4.20. The molecule has 0 aliphatic rings. The smallest absolute Gasteiger partial charge is 0.241 e. The van der Waals surface area contributed by atoms with Crippen LogP contribution < -0.4 is 23.7 Å². The SMILES string of the molecule is COc1cccc(OCCNS(=O)(=O)c2cc(OC)c(OC)cc2Br)c1. The third-order valence-corrected chi connectivity index (χ3v) is 5.85. The zero-order valence-electron chi connectivity index (χ0n) is 14.6. The molecule has 142 valence electrons. The molecule has 0 atom stereocenters. The zero-order valence-corrected chi connectivity index (χ0v) is 17.0. The van der Waals surface area contributed by atoms with Gasteiger partial charge >= 0.3 is 0 Å². The highest BCUT2D eigenvalue weighted by Gasteiger charge is 2.21. The molecule has 0 aliphatic carbocycles. The molecule has 1 N–H and O–H groups in total. The predicted molar refractivity (Wildman–Crippen MR) is 101 cm³/mol. The van der Waals surface area contributed by atoms with Crippen LogP contribution in [0.25, 0.3) is 0 Å². The number of benzene rings is 2. The Morgan fingerprint density at radius 3 is 2.27 bits per heavy atom. The first-order valence-corrected chi connectivity index (χ1v) is 9.87. The fourth-order valence-electron chi connectivity index (χ4n) is 2.16. The van der Waals surface area contributed by atoms with Gasteiger partial charge in [0.25, 0.3) is 0 Å². The van der Waals surface area contributed by atoms with Crippen LogP contribution in [0.4, 0.5) is 0 Å². The quantitative estimate of drug-likeness (QED) is 0.597. The number of rotatable bonds is 9. The monoisotopic (exact) mass is 445 g/mol. The maximum absolute atomic E-state index is 12.5. The van der Waals surface area contributed by atoms with Gasteiger partial charge in [-0.15, -0.1) is 0 Å². The Bertz CT molecular complexity index is 856. The Labute approximate surface area is 161 Å². The van der Waals surface area contributed by atoms with Crippen LogP contribution in [0.15, 0.2) is 45.8 Å². The van der Waals surface area contributed by atoms with Crippen molar-refractivity contribution in [3.05, 3.63) is 40.9 Å². The molecule has 0 aliphatic heterocycles. The van der Waals surface area contributed by atoms with E-state index in [0.29, 0.717) is 27.5 Å². The van der Waals surface area contributed by atoms with Gasteiger partial charge in [0, 0.05) is 23.2 Å². The predicted octanol–water partition coefficient (Wildman–Crippen LogP) is 2.83. The minimum atomic E-state index is -3.75. The van der Waals surface area contributed by atoms with E-state index < -0.39 is 10.0 Å². The van der Waals surface area contributed by atoms with Gasteiger partial charge in [0.2, 0.25) is 10.0 Å². The van der Waals surface area contributed by atoms with Crippen molar-refractivity contribution in [2.45, 2.75) is 4.90 Å². The molecule has 2 aromatic rings. The number of halogens is 1. The first kappa shape index (κ1) is 20.3. The third-order valence-electron chi connectivity index (χ3n) is 3.43. The zero-order chi connectivity index (χ0) is 19.2. The molecule has 0 bridgehead atoms. The largest absolute Gasteiger partial charge is 0.497 e. The van der Waals surface area contributed by atoms with Crippen molar-refractivity contribution in [1.82, 2.24) is 4.72 Å². The van der Waals surface area contributed by atoms with Gasteiger partial charge in [-0.3, -0.25) is 0 Å². The van der Waals surface area contributed by atoms with Gasteiger partial charge < -0.3 is 18.9 Å². The highest BCUT2D eigenvalue weighted by molar-refractivity contribution is 9.10. The lowest BCUT2D eigenvalue weighted by Gasteiger charge is -2.13. The number of ether oxygens (including phenoxy) is 4. The third kappa shape index (κ3) is 5.03.